The van der Waals surface area contributed by atoms with Gasteiger partial charge in [-0.05, 0) is 39.3 Å². The number of nitrogens with one attached hydrogen (secondary N) is 1. The highest BCUT2D eigenvalue weighted by Crippen LogP contribution is 2.17. The molecule has 1 N–H and O–H groups in total. The molecule has 0 aromatic rings. The molecule has 0 spiro atoms. The van der Waals surface area contributed by atoms with Gasteiger partial charge in [0.2, 0.25) is 5.91 Å². The minimum absolute atomic E-state index is 0.279. The third-order valence-corrected chi connectivity index (χ3v) is 4.53. The van der Waals surface area contributed by atoms with Crippen molar-refractivity contribution < 1.29 is 4.79 Å². The molecule has 0 bridgehead atoms. The highest BCUT2D eigenvalue weighted by atomic mass is 16.2. The molecule has 2 aliphatic rings. The van der Waals surface area contributed by atoms with Crippen LogP contribution >= 0.6 is 0 Å². The van der Waals surface area contributed by atoms with Gasteiger partial charge in [0, 0.05) is 38.1 Å². The second kappa shape index (κ2) is 6.53. The Morgan fingerprint density at radius 3 is 2.39 bits per heavy atom. The first-order chi connectivity index (χ1) is 8.72. The van der Waals surface area contributed by atoms with Crippen LogP contribution in [0.3, 0.4) is 0 Å². The number of nitrogens with zero attached hydrogens (tertiary/aromatic N) is 2. The first-order valence-corrected chi connectivity index (χ1v) is 7.46. The van der Waals surface area contributed by atoms with Crippen molar-refractivity contribution >= 4 is 5.91 Å². The third kappa shape index (κ3) is 3.23. The number of piperazine rings is 1. The Morgan fingerprint density at radius 1 is 1.22 bits per heavy atom. The lowest BCUT2D eigenvalue weighted by Gasteiger charge is -2.39. The van der Waals surface area contributed by atoms with Gasteiger partial charge in [0.25, 0.3) is 0 Å². The molecule has 0 saturated carbocycles. The molecule has 0 radical (unpaired) electrons. The van der Waals surface area contributed by atoms with Crippen LogP contribution in [0.4, 0.5) is 0 Å². The lowest BCUT2D eigenvalue weighted by molar-refractivity contribution is -0.138. The molecule has 2 heterocycles. The largest absolute Gasteiger partial charge is 0.340 e. The summed E-state index contributed by atoms with van der Waals surface area (Å²) in [6.07, 6.45) is 3.23. The van der Waals surface area contributed by atoms with Crippen molar-refractivity contribution in [3.05, 3.63) is 0 Å². The van der Waals surface area contributed by atoms with Gasteiger partial charge in [-0.15, -0.1) is 0 Å². The van der Waals surface area contributed by atoms with E-state index in [1.54, 1.807) is 0 Å². The van der Waals surface area contributed by atoms with Gasteiger partial charge in [-0.25, -0.2) is 0 Å². The number of hydrogen-bond donors (Lipinski definition) is 1. The smallest absolute Gasteiger partial charge is 0.225 e. The van der Waals surface area contributed by atoms with E-state index in [0.717, 1.165) is 52.1 Å². The van der Waals surface area contributed by atoms with Crippen LogP contribution in [0.15, 0.2) is 0 Å². The number of carbonyl (C=O) groups excluding carboxylic acids is 1. The fourth-order valence-electron chi connectivity index (χ4n) is 2.97. The minimum atomic E-state index is 0.279. The molecular weight excluding hydrogens is 226 g/mol. The lowest BCUT2D eigenvalue weighted by Crippen LogP contribution is -2.53. The molecule has 104 valence electrons. The molecule has 1 amide bonds. The van der Waals surface area contributed by atoms with Crippen molar-refractivity contribution in [2.24, 2.45) is 5.92 Å². The fourth-order valence-corrected chi connectivity index (χ4v) is 2.97. The molecule has 0 aromatic carbocycles. The minimum Gasteiger partial charge on any atom is -0.340 e. The van der Waals surface area contributed by atoms with Crippen molar-refractivity contribution in [3.8, 4) is 0 Å². The van der Waals surface area contributed by atoms with Gasteiger partial charge in [-0.1, -0.05) is 6.92 Å². The Hall–Kier alpha value is -0.610. The zero-order valence-electron chi connectivity index (χ0n) is 11.8. The molecule has 0 aromatic heterocycles. The summed E-state index contributed by atoms with van der Waals surface area (Å²) in [6, 6.07) is 0.654. The quantitative estimate of drug-likeness (QED) is 0.813. The number of piperidine rings is 1. The van der Waals surface area contributed by atoms with Crippen molar-refractivity contribution in [2.45, 2.75) is 39.2 Å². The lowest BCUT2D eigenvalue weighted by atomic mass is 9.96. The normalized spacial score (nSPS) is 25.1. The van der Waals surface area contributed by atoms with Crippen molar-refractivity contribution in [3.63, 3.8) is 0 Å². The van der Waals surface area contributed by atoms with Gasteiger partial charge < -0.3 is 10.2 Å². The van der Waals surface area contributed by atoms with Gasteiger partial charge in [0.15, 0.2) is 0 Å². The van der Waals surface area contributed by atoms with Crippen molar-refractivity contribution in [1.82, 2.24) is 15.1 Å². The predicted molar refractivity (Wildman–Crippen MR) is 73.5 cm³/mol. The summed E-state index contributed by atoms with van der Waals surface area (Å²) in [5.41, 5.74) is 0. The van der Waals surface area contributed by atoms with Gasteiger partial charge in [-0.2, -0.15) is 0 Å². The van der Waals surface area contributed by atoms with Gasteiger partial charge in [-0.3, -0.25) is 9.69 Å². The van der Waals surface area contributed by atoms with E-state index in [1.165, 1.54) is 6.42 Å². The van der Waals surface area contributed by atoms with Gasteiger partial charge >= 0.3 is 0 Å². The van der Waals surface area contributed by atoms with Crippen LogP contribution in [-0.4, -0.2) is 61.0 Å². The molecule has 4 heteroatoms. The van der Waals surface area contributed by atoms with Gasteiger partial charge in [0.1, 0.15) is 0 Å². The summed E-state index contributed by atoms with van der Waals surface area (Å²) in [4.78, 5) is 17.0. The topological polar surface area (TPSA) is 35.6 Å². The summed E-state index contributed by atoms with van der Waals surface area (Å²) >= 11 is 0. The molecule has 1 atom stereocenters. The Kier molecular flexibility index (Phi) is 5.01. The summed E-state index contributed by atoms with van der Waals surface area (Å²) < 4.78 is 0. The number of carbonyl (C=O) groups is 1. The maximum absolute atomic E-state index is 12.4. The average molecular weight is 253 g/mol. The zero-order chi connectivity index (χ0) is 13.0. The molecule has 0 aliphatic carbocycles. The van der Waals surface area contributed by atoms with E-state index in [1.807, 2.05) is 0 Å². The summed E-state index contributed by atoms with van der Waals surface area (Å²) in [7, 11) is 0. The summed E-state index contributed by atoms with van der Waals surface area (Å²) in [6.45, 7) is 10.5. The van der Waals surface area contributed by atoms with E-state index in [2.05, 4.69) is 29.0 Å². The molecule has 18 heavy (non-hydrogen) atoms. The summed E-state index contributed by atoms with van der Waals surface area (Å²) in [5, 5.41) is 3.32. The Bertz CT molecular complexity index is 268. The second-order valence-electron chi connectivity index (χ2n) is 5.64. The molecule has 4 nitrogen and oxygen atoms in total. The van der Waals surface area contributed by atoms with Gasteiger partial charge in [0.05, 0.1) is 0 Å². The van der Waals surface area contributed by atoms with Crippen LogP contribution in [0.25, 0.3) is 0 Å². The molecule has 2 saturated heterocycles. The standard InChI is InChI=1S/C14H27N3O/c1-3-12(2)16-8-10-17(11-9-16)14(18)13-4-6-15-7-5-13/h12-13,15H,3-11H2,1-2H3. The molecule has 2 fully saturated rings. The predicted octanol–water partition coefficient (Wildman–Crippen LogP) is 0.929. The van der Waals surface area contributed by atoms with Crippen LogP contribution in [0.5, 0.6) is 0 Å². The van der Waals surface area contributed by atoms with Crippen LogP contribution < -0.4 is 5.32 Å². The van der Waals surface area contributed by atoms with E-state index in [-0.39, 0.29) is 5.92 Å². The van der Waals surface area contributed by atoms with Crippen LogP contribution in [-0.2, 0) is 4.79 Å². The number of amides is 1. The molecule has 2 rings (SSSR count). The monoisotopic (exact) mass is 253 g/mol. The summed E-state index contributed by atoms with van der Waals surface area (Å²) in [5.74, 6) is 0.682. The first kappa shape index (κ1) is 13.8. The molecular formula is C14H27N3O. The number of rotatable bonds is 3. The van der Waals surface area contributed by atoms with E-state index in [9.17, 15) is 4.79 Å². The molecule has 2 aliphatic heterocycles. The van der Waals surface area contributed by atoms with Crippen LogP contribution in [0, 0.1) is 5.92 Å². The average Bonchev–Trinajstić information content (AvgIpc) is 2.47. The van der Waals surface area contributed by atoms with Crippen molar-refractivity contribution in [2.75, 3.05) is 39.3 Å². The highest BCUT2D eigenvalue weighted by molar-refractivity contribution is 5.79. The number of hydrogen-bond acceptors (Lipinski definition) is 3. The van der Waals surface area contributed by atoms with Crippen LogP contribution in [0.2, 0.25) is 0 Å². The highest BCUT2D eigenvalue weighted by Gasteiger charge is 2.29. The Morgan fingerprint density at radius 2 is 1.83 bits per heavy atom. The molecule has 1 unspecified atom stereocenters. The second-order valence-corrected chi connectivity index (χ2v) is 5.64. The first-order valence-electron chi connectivity index (χ1n) is 7.46. The third-order valence-electron chi connectivity index (χ3n) is 4.53. The van der Waals surface area contributed by atoms with E-state index in [4.69, 9.17) is 0 Å². The van der Waals surface area contributed by atoms with Crippen molar-refractivity contribution in [1.29, 1.82) is 0 Å². The van der Waals surface area contributed by atoms with E-state index in [0.29, 0.717) is 11.9 Å². The van der Waals surface area contributed by atoms with E-state index >= 15 is 0 Å². The van der Waals surface area contributed by atoms with Crippen LogP contribution in [0.1, 0.15) is 33.1 Å². The zero-order valence-corrected chi connectivity index (χ0v) is 11.8. The maximum Gasteiger partial charge on any atom is 0.225 e. The maximum atomic E-state index is 12.4. The SMILES string of the molecule is CCC(C)N1CCN(C(=O)C2CCNCC2)CC1. The Labute approximate surface area is 111 Å². The Balaban J connectivity index is 1.79. The fraction of sp³-hybridized carbons (Fsp3) is 0.929. The van der Waals surface area contributed by atoms with E-state index < -0.39 is 0 Å².